The minimum Gasteiger partial charge on any atom is -0.508 e. The van der Waals surface area contributed by atoms with Crippen molar-refractivity contribution >= 4 is 10.9 Å². The highest BCUT2D eigenvalue weighted by Gasteiger charge is 2.17. The molecule has 0 atom stereocenters. The zero-order chi connectivity index (χ0) is 16.8. The van der Waals surface area contributed by atoms with Crippen molar-refractivity contribution < 1.29 is 14.9 Å². The van der Waals surface area contributed by atoms with Gasteiger partial charge < -0.3 is 19.5 Å². The minimum atomic E-state index is -0.364. The number of benzene rings is 1. The van der Waals surface area contributed by atoms with Gasteiger partial charge in [-0.1, -0.05) is 39.0 Å². The third kappa shape index (κ3) is 3.78. The number of pyridine rings is 1. The smallest absolute Gasteiger partial charge is 0.297 e. The third-order valence-electron chi connectivity index (χ3n) is 4.12. The largest absolute Gasteiger partial charge is 0.508 e. The quantitative estimate of drug-likeness (QED) is 0.726. The molecule has 0 fully saturated rings. The Balaban J connectivity index is 2.30. The van der Waals surface area contributed by atoms with Crippen LogP contribution < -0.4 is 10.3 Å². The van der Waals surface area contributed by atoms with E-state index in [9.17, 15) is 15.0 Å². The van der Waals surface area contributed by atoms with Gasteiger partial charge >= 0.3 is 0 Å². The molecule has 23 heavy (non-hydrogen) atoms. The van der Waals surface area contributed by atoms with Crippen molar-refractivity contribution in [1.82, 2.24) is 4.57 Å². The van der Waals surface area contributed by atoms with Crippen LogP contribution in [0.25, 0.3) is 10.9 Å². The Morgan fingerprint density at radius 3 is 2.48 bits per heavy atom. The first-order valence-corrected chi connectivity index (χ1v) is 8.22. The molecule has 0 bridgehead atoms. The summed E-state index contributed by atoms with van der Waals surface area (Å²) < 4.78 is 6.65. The number of aromatic nitrogens is 1. The lowest BCUT2D eigenvalue weighted by Gasteiger charge is -2.14. The highest BCUT2D eigenvalue weighted by molar-refractivity contribution is 5.88. The van der Waals surface area contributed by atoms with Crippen LogP contribution in [0.3, 0.4) is 0 Å². The first kappa shape index (κ1) is 17.2. The molecule has 0 aliphatic rings. The first-order valence-electron chi connectivity index (χ1n) is 8.22. The van der Waals surface area contributed by atoms with E-state index in [1.807, 2.05) is 0 Å². The van der Waals surface area contributed by atoms with Crippen LogP contribution >= 0.6 is 0 Å². The van der Waals surface area contributed by atoms with Gasteiger partial charge in [-0.15, -0.1) is 0 Å². The summed E-state index contributed by atoms with van der Waals surface area (Å²) in [5.74, 6) is -0.154. The van der Waals surface area contributed by atoms with Gasteiger partial charge in [0, 0.05) is 18.0 Å². The summed E-state index contributed by atoms with van der Waals surface area (Å²) in [7, 11) is 1.37. The molecule has 5 nitrogen and oxygen atoms in total. The second kappa shape index (κ2) is 7.90. The molecule has 0 spiro atoms. The second-order valence-corrected chi connectivity index (χ2v) is 5.81. The summed E-state index contributed by atoms with van der Waals surface area (Å²) in [6.07, 6.45) is 6.74. The molecule has 1 heterocycles. The molecular weight excluding hydrogens is 294 g/mol. The van der Waals surface area contributed by atoms with E-state index in [4.69, 9.17) is 4.74 Å². The number of aryl methyl sites for hydroxylation is 1. The van der Waals surface area contributed by atoms with E-state index in [1.165, 1.54) is 38.5 Å². The molecule has 2 rings (SSSR count). The Morgan fingerprint density at radius 2 is 1.78 bits per heavy atom. The number of unbranched alkanes of at least 4 members (excludes halogenated alkanes) is 5. The van der Waals surface area contributed by atoms with Crippen molar-refractivity contribution in [2.75, 3.05) is 7.11 Å². The van der Waals surface area contributed by atoms with E-state index < -0.39 is 0 Å². The molecule has 2 aromatic rings. The van der Waals surface area contributed by atoms with Gasteiger partial charge in [-0.25, -0.2) is 0 Å². The monoisotopic (exact) mass is 319 g/mol. The molecule has 0 aliphatic heterocycles. The SMILES string of the molecule is CCCCCCCCn1c(=O)c(OC)c(O)c2ccc(O)cc21. The van der Waals surface area contributed by atoms with E-state index in [0.717, 1.165) is 19.3 Å². The van der Waals surface area contributed by atoms with E-state index in [1.54, 1.807) is 10.6 Å². The molecule has 126 valence electrons. The lowest BCUT2D eigenvalue weighted by molar-refractivity contribution is 0.366. The zero-order valence-electron chi connectivity index (χ0n) is 13.8. The van der Waals surface area contributed by atoms with Gasteiger partial charge in [-0.2, -0.15) is 0 Å². The van der Waals surface area contributed by atoms with Crippen LogP contribution in [0, 0.1) is 0 Å². The number of ether oxygens (including phenoxy) is 1. The lowest BCUT2D eigenvalue weighted by atomic mass is 10.1. The number of hydrogen-bond donors (Lipinski definition) is 2. The summed E-state index contributed by atoms with van der Waals surface area (Å²) >= 11 is 0. The molecule has 1 aromatic carbocycles. The van der Waals surface area contributed by atoms with Crippen molar-refractivity contribution in [3.8, 4) is 17.2 Å². The molecule has 0 unspecified atom stereocenters. The van der Waals surface area contributed by atoms with Crippen LogP contribution in [0.5, 0.6) is 17.2 Å². The van der Waals surface area contributed by atoms with E-state index >= 15 is 0 Å². The van der Waals surface area contributed by atoms with Gasteiger partial charge in [0.2, 0.25) is 5.75 Å². The van der Waals surface area contributed by atoms with Gasteiger partial charge in [0.25, 0.3) is 5.56 Å². The summed E-state index contributed by atoms with van der Waals surface area (Å²) in [6.45, 7) is 2.72. The lowest BCUT2D eigenvalue weighted by Crippen LogP contribution is -2.22. The summed E-state index contributed by atoms with van der Waals surface area (Å²) in [4.78, 5) is 12.5. The summed E-state index contributed by atoms with van der Waals surface area (Å²) in [5.41, 5.74) is 0.165. The van der Waals surface area contributed by atoms with Crippen LogP contribution in [0.4, 0.5) is 0 Å². The molecule has 0 radical (unpaired) electrons. The zero-order valence-corrected chi connectivity index (χ0v) is 13.8. The fraction of sp³-hybridized carbons (Fsp3) is 0.500. The van der Waals surface area contributed by atoms with Gasteiger partial charge in [-0.05, 0) is 18.6 Å². The fourth-order valence-electron chi connectivity index (χ4n) is 2.86. The van der Waals surface area contributed by atoms with E-state index in [-0.39, 0.29) is 22.8 Å². The normalized spacial score (nSPS) is 11.0. The second-order valence-electron chi connectivity index (χ2n) is 5.81. The molecule has 5 heteroatoms. The number of nitrogens with zero attached hydrogens (tertiary/aromatic N) is 1. The molecule has 0 saturated heterocycles. The van der Waals surface area contributed by atoms with Crippen LogP contribution in [0.2, 0.25) is 0 Å². The molecular formula is C18H25NO4. The molecule has 0 aliphatic carbocycles. The highest BCUT2D eigenvalue weighted by atomic mass is 16.5. The van der Waals surface area contributed by atoms with Gasteiger partial charge in [0.05, 0.1) is 12.6 Å². The maximum absolute atomic E-state index is 12.5. The Kier molecular flexibility index (Phi) is 5.90. The Bertz CT molecular complexity index is 721. The Labute approximate surface area is 136 Å². The van der Waals surface area contributed by atoms with E-state index in [0.29, 0.717) is 17.4 Å². The topological polar surface area (TPSA) is 71.7 Å². The number of aromatic hydroxyl groups is 2. The molecule has 2 N–H and O–H groups in total. The van der Waals surface area contributed by atoms with Gasteiger partial charge in [-0.3, -0.25) is 4.79 Å². The maximum Gasteiger partial charge on any atom is 0.297 e. The van der Waals surface area contributed by atoms with Crippen molar-refractivity contribution in [1.29, 1.82) is 0 Å². The van der Waals surface area contributed by atoms with Crippen LogP contribution in [0.1, 0.15) is 45.4 Å². The third-order valence-corrected chi connectivity index (χ3v) is 4.12. The van der Waals surface area contributed by atoms with Crippen molar-refractivity contribution in [2.24, 2.45) is 0 Å². The predicted octanol–water partition coefficient (Wildman–Crippen LogP) is 3.78. The molecule has 0 amide bonds. The van der Waals surface area contributed by atoms with Crippen LogP contribution in [-0.2, 0) is 6.54 Å². The van der Waals surface area contributed by atoms with Crippen molar-refractivity contribution in [3.63, 3.8) is 0 Å². The summed E-state index contributed by atoms with van der Waals surface area (Å²) in [5, 5.41) is 20.4. The number of hydrogen-bond acceptors (Lipinski definition) is 4. The number of rotatable bonds is 8. The summed E-state index contributed by atoms with van der Waals surface area (Å²) in [6, 6.07) is 4.59. The number of fused-ring (bicyclic) bond motifs is 1. The fourth-order valence-corrected chi connectivity index (χ4v) is 2.86. The molecule has 1 aromatic heterocycles. The van der Waals surface area contributed by atoms with Gasteiger partial charge in [0.15, 0.2) is 5.75 Å². The van der Waals surface area contributed by atoms with Crippen LogP contribution in [0.15, 0.2) is 23.0 Å². The Hall–Kier alpha value is -2.17. The van der Waals surface area contributed by atoms with Crippen LogP contribution in [-0.4, -0.2) is 21.9 Å². The first-order chi connectivity index (χ1) is 11.1. The average molecular weight is 319 g/mol. The average Bonchev–Trinajstić information content (AvgIpc) is 2.53. The van der Waals surface area contributed by atoms with Crippen molar-refractivity contribution in [2.45, 2.75) is 52.0 Å². The van der Waals surface area contributed by atoms with Gasteiger partial charge in [0.1, 0.15) is 5.75 Å². The minimum absolute atomic E-state index is 0.0471. The molecule has 0 saturated carbocycles. The maximum atomic E-state index is 12.5. The number of methoxy groups -OCH3 is 1. The number of phenols is 1. The highest BCUT2D eigenvalue weighted by Crippen LogP contribution is 2.33. The standard InChI is InChI=1S/C18H25NO4/c1-3-4-5-6-7-8-11-19-15-12-13(20)9-10-14(15)16(21)17(23-2)18(19)22/h9-10,12,20-21H,3-8,11H2,1-2H3. The van der Waals surface area contributed by atoms with E-state index in [2.05, 4.69) is 6.92 Å². The number of phenolic OH excluding ortho intramolecular Hbond substituents is 1. The van der Waals surface area contributed by atoms with Crippen molar-refractivity contribution in [3.05, 3.63) is 28.6 Å². The predicted molar refractivity (Wildman–Crippen MR) is 91.5 cm³/mol. The Morgan fingerprint density at radius 1 is 1.09 bits per heavy atom.